The first-order valence-electron chi connectivity index (χ1n) is 12.8. The summed E-state index contributed by atoms with van der Waals surface area (Å²) in [6.07, 6.45) is 0. The van der Waals surface area contributed by atoms with E-state index < -0.39 is 29.5 Å². The molecule has 3 aliphatic heterocycles. The quantitative estimate of drug-likeness (QED) is 0.450. The van der Waals surface area contributed by atoms with Gasteiger partial charge in [0.25, 0.3) is 0 Å². The molecule has 0 radical (unpaired) electrons. The number of hydrogen-bond donors (Lipinski definition) is 2. The van der Waals surface area contributed by atoms with Crippen molar-refractivity contribution >= 4 is 11.7 Å². The van der Waals surface area contributed by atoms with Gasteiger partial charge in [0.1, 0.15) is 19.8 Å². The van der Waals surface area contributed by atoms with Gasteiger partial charge in [-0.1, -0.05) is 0 Å². The molecule has 7 rings (SSSR count). The summed E-state index contributed by atoms with van der Waals surface area (Å²) in [5.41, 5.74) is -0.223. The number of aromatic hydroxyl groups is 1. The number of nitrogens with one attached hydrogen (secondary N) is 1. The number of benzene rings is 3. The van der Waals surface area contributed by atoms with E-state index in [-0.39, 0.29) is 30.6 Å². The fourth-order valence-corrected chi connectivity index (χ4v) is 6.15. The Labute approximate surface area is 228 Å². The molecule has 3 heterocycles. The second kappa shape index (κ2) is 9.00. The summed E-state index contributed by atoms with van der Waals surface area (Å²) in [7, 11) is 2.77. The van der Waals surface area contributed by atoms with Crippen molar-refractivity contribution in [1.82, 2.24) is 0 Å². The Bertz CT molecular complexity index is 1500. The van der Waals surface area contributed by atoms with Gasteiger partial charge in [0.15, 0.2) is 34.5 Å². The molecule has 0 bridgehead atoms. The van der Waals surface area contributed by atoms with Crippen molar-refractivity contribution in [2.45, 2.75) is 17.6 Å². The van der Waals surface area contributed by atoms with E-state index in [0.717, 1.165) is 0 Å². The molecule has 4 atom stereocenters. The molecule has 4 aliphatic rings. The largest absolute Gasteiger partial charge is 0.502 e. The summed E-state index contributed by atoms with van der Waals surface area (Å²) in [6, 6.07) is 11.3. The van der Waals surface area contributed by atoms with E-state index in [1.807, 2.05) is 12.1 Å². The molecule has 3 aromatic carbocycles. The van der Waals surface area contributed by atoms with Gasteiger partial charge in [-0.25, -0.2) is 9.18 Å². The maximum atomic E-state index is 17.6. The van der Waals surface area contributed by atoms with E-state index in [2.05, 4.69) is 5.32 Å². The van der Waals surface area contributed by atoms with Crippen molar-refractivity contribution in [3.63, 3.8) is 0 Å². The van der Waals surface area contributed by atoms with Crippen molar-refractivity contribution in [3.8, 4) is 40.2 Å². The summed E-state index contributed by atoms with van der Waals surface area (Å²) in [6.45, 7) is 0.763. The van der Waals surface area contributed by atoms with Crippen LogP contribution in [0.2, 0.25) is 0 Å². The molecular weight excluding hydrogens is 525 g/mol. The predicted octanol–water partition coefficient (Wildman–Crippen LogP) is 4.09. The van der Waals surface area contributed by atoms with E-state index in [1.165, 1.54) is 26.4 Å². The van der Waals surface area contributed by atoms with Gasteiger partial charge in [0.05, 0.1) is 32.1 Å². The predicted molar refractivity (Wildman–Crippen MR) is 138 cm³/mol. The standard InChI is InChI=1S/C29H26FNO9/c1-34-23-7-14(8-24(35-2)27(23)32)25-16-10-21-22(40-13-39-21)11-17(16)26(18-12-38-28(33)29(18,25)30)31-15-3-4-19-20(9-15)37-6-5-36-19/h3-4,7-11,18,25-26,31-32H,5-6,12-13H2,1-2H3/t18-,25-,26-,29-/m1/s1. The van der Waals surface area contributed by atoms with Crippen molar-refractivity contribution < 1.29 is 47.4 Å². The Hall–Kier alpha value is -4.54. The molecule has 40 heavy (non-hydrogen) atoms. The van der Waals surface area contributed by atoms with Crippen LogP contribution in [0.1, 0.15) is 28.7 Å². The number of methoxy groups -OCH3 is 2. The van der Waals surface area contributed by atoms with E-state index in [4.69, 9.17) is 33.2 Å². The van der Waals surface area contributed by atoms with Crippen LogP contribution >= 0.6 is 0 Å². The third kappa shape index (κ3) is 3.49. The normalized spacial score (nSPS) is 25.5. The number of rotatable bonds is 5. The minimum atomic E-state index is -2.47. The average Bonchev–Trinajstić information content (AvgIpc) is 3.55. The van der Waals surface area contributed by atoms with Gasteiger partial charge in [-0.15, -0.1) is 0 Å². The molecule has 1 aliphatic carbocycles. The van der Waals surface area contributed by atoms with Crippen molar-refractivity contribution in [2.75, 3.05) is 46.1 Å². The maximum absolute atomic E-state index is 17.6. The number of cyclic esters (lactones) is 1. The van der Waals surface area contributed by atoms with Gasteiger partial charge in [-0.2, -0.15) is 0 Å². The molecule has 0 aromatic heterocycles. The topological polar surface area (TPSA) is 114 Å². The van der Waals surface area contributed by atoms with Crippen LogP contribution in [-0.4, -0.2) is 57.6 Å². The number of fused-ring (bicyclic) bond motifs is 4. The number of phenolic OH excluding ortho intramolecular Hbond substituents is 1. The number of phenols is 1. The van der Waals surface area contributed by atoms with E-state index in [9.17, 15) is 9.90 Å². The summed E-state index contributed by atoms with van der Waals surface area (Å²) < 4.78 is 56.4. The van der Waals surface area contributed by atoms with Crippen LogP contribution in [0.25, 0.3) is 0 Å². The lowest BCUT2D eigenvalue weighted by Gasteiger charge is -2.43. The maximum Gasteiger partial charge on any atom is 0.345 e. The van der Waals surface area contributed by atoms with E-state index >= 15 is 4.39 Å². The number of esters is 1. The second-order valence-corrected chi connectivity index (χ2v) is 9.99. The molecule has 2 N–H and O–H groups in total. The number of ether oxygens (including phenoxy) is 7. The molecule has 3 aromatic rings. The van der Waals surface area contributed by atoms with Crippen LogP contribution in [-0.2, 0) is 9.53 Å². The van der Waals surface area contributed by atoms with Crippen LogP contribution in [0, 0.1) is 5.92 Å². The molecule has 11 heteroatoms. The van der Waals surface area contributed by atoms with Crippen LogP contribution in [0.3, 0.4) is 0 Å². The minimum Gasteiger partial charge on any atom is -0.502 e. The number of carbonyl (C=O) groups is 1. The summed E-state index contributed by atoms with van der Waals surface area (Å²) in [4.78, 5) is 13.3. The van der Waals surface area contributed by atoms with Crippen molar-refractivity contribution in [2.24, 2.45) is 5.92 Å². The molecule has 1 saturated heterocycles. The SMILES string of the molecule is COc1cc([C@@H]2c3cc4c(cc3[C@@H](Nc3ccc5c(c3)OCCO5)[C@H]3COC(=O)[C@]23F)OCO4)cc(OC)c1O. The summed E-state index contributed by atoms with van der Waals surface area (Å²) >= 11 is 0. The zero-order valence-electron chi connectivity index (χ0n) is 21.7. The van der Waals surface area contributed by atoms with Crippen molar-refractivity contribution in [1.29, 1.82) is 0 Å². The molecule has 0 saturated carbocycles. The Morgan fingerprint density at radius 2 is 1.52 bits per heavy atom. The highest BCUT2D eigenvalue weighted by atomic mass is 19.1. The van der Waals surface area contributed by atoms with Gasteiger partial charge < -0.3 is 43.6 Å². The van der Waals surface area contributed by atoms with Crippen LogP contribution < -0.4 is 33.7 Å². The molecule has 208 valence electrons. The number of alkyl halides is 1. The Kier molecular flexibility index (Phi) is 5.51. The number of halogens is 1. The Morgan fingerprint density at radius 1 is 0.875 bits per heavy atom. The van der Waals surface area contributed by atoms with Gasteiger partial charge in [-0.05, 0) is 53.1 Å². The second-order valence-electron chi connectivity index (χ2n) is 9.99. The average molecular weight is 552 g/mol. The van der Waals surface area contributed by atoms with Gasteiger partial charge in [0.2, 0.25) is 18.2 Å². The van der Waals surface area contributed by atoms with Crippen LogP contribution in [0.4, 0.5) is 10.1 Å². The third-order valence-electron chi connectivity index (χ3n) is 7.99. The zero-order chi connectivity index (χ0) is 27.6. The molecule has 10 nitrogen and oxygen atoms in total. The molecular formula is C29H26FNO9. The zero-order valence-corrected chi connectivity index (χ0v) is 21.7. The first-order chi connectivity index (χ1) is 19.4. The fraction of sp³-hybridized carbons (Fsp3) is 0.345. The lowest BCUT2D eigenvalue weighted by molar-refractivity contribution is -0.149. The molecule has 1 fully saturated rings. The lowest BCUT2D eigenvalue weighted by Crippen LogP contribution is -2.50. The summed E-state index contributed by atoms with van der Waals surface area (Å²) in [5, 5.41) is 14.0. The smallest absolute Gasteiger partial charge is 0.345 e. The number of carbonyl (C=O) groups excluding carboxylic acids is 1. The fourth-order valence-electron chi connectivity index (χ4n) is 6.15. The summed E-state index contributed by atoms with van der Waals surface area (Å²) in [5.74, 6) is -0.923. The highest BCUT2D eigenvalue weighted by Gasteiger charge is 2.65. The number of hydrogen-bond acceptors (Lipinski definition) is 10. The molecule has 0 amide bonds. The lowest BCUT2D eigenvalue weighted by atomic mass is 9.63. The third-order valence-corrected chi connectivity index (χ3v) is 7.99. The van der Waals surface area contributed by atoms with Crippen LogP contribution in [0.5, 0.6) is 40.2 Å². The van der Waals surface area contributed by atoms with Crippen molar-refractivity contribution in [3.05, 3.63) is 59.2 Å². The van der Waals surface area contributed by atoms with E-state index in [0.29, 0.717) is 58.6 Å². The van der Waals surface area contributed by atoms with Gasteiger partial charge >= 0.3 is 5.97 Å². The monoisotopic (exact) mass is 551 g/mol. The van der Waals surface area contributed by atoms with E-state index in [1.54, 1.807) is 18.2 Å². The molecule has 0 unspecified atom stereocenters. The highest BCUT2D eigenvalue weighted by molar-refractivity contribution is 5.86. The minimum absolute atomic E-state index is 0.0241. The first-order valence-corrected chi connectivity index (χ1v) is 12.8. The highest BCUT2D eigenvalue weighted by Crippen LogP contribution is 2.59. The Balaban J connectivity index is 1.42. The first kappa shape index (κ1) is 24.5. The van der Waals surface area contributed by atoms with Crippen LogP contribution in [0.15, 0.2) is 42.5 Å². The molecule has 0 spiro atoms. The Morgan fingerprint density at radius 3 is 2.23 bits per heavy atom. The number of anilines is 1. The van der Waals surface area contributed by atoms with Gasteiger partial charge in [-0.3, -0.25) is 0 Å². The van der Waals surface area contributed by atoms with Gasteiger partial charge in [0, 0.05) is 11.8 Å².